The summed E-state index contributed by atoms with van der Waals surface area (Å²) in [5.41, 5.74) is 19.9. The van der Waals surface area contributed by atoms with Gasteiger partial charge in [0, 0.05) is 32.7 Å². The van der Waals surface area contributed by atoms with Crippen molar-refractivity contribution in [2.75, 3.05) is 0 Å². The number of fused-ring (bicyclic) bond motifs is 16. The van der Waals surface area contributed by atoms with Crippen molar-refractivity contribution in [3.63, 3.8) is 0 Å². The van der Waals surface area contributed by atoms with Gasteiger partial charge in [0.2, 0.25) is 0 Å². The zero-order valence-electron chi connectivity index (χ0n) is 51.0. The highest BCUT2D eigenvalue weighted by molar-refractivity contribution is 6.31. The van der Waals surface area contributed by atoms with E-state index in [0.717, 1.165) is 88.4 Å². The Balaban J connectivity index is 0.732. The minimum atomic E-state index is 0.867. The maximum atomic E-state index is 7.13. The molecule has 20 aromatic rings. The molecule has 0 saturated carbocycles. The second-order valence-corrected chi connectivity index (χ2v) is 25.2. The molecule has 0 aliphatic heterocycles. The molecule has 0 N–H and O–H groups in total. The quantitative estimate of drug-likeness (QED) is 0.117. The Morgan fingerprint density at radius 3 is 1.16 bits per heavy atom. The van der Waals surface area contributed by atoms with Crippen LogP contribution < -0.4 is 0 Å². The van der Waals surface area contributed by atoms with Gasteiger partial charge in [0.15, 0.2) is 0 Å². The van der Waals surface area contributed by atoms with Crippen molar-refractivity contribution in [1.82, 2.24) is 0 Å². The minimum absolute atomic E-state index is 0.867. The first-order valence-corrected chi connectivity index (χ1v) is 32.5. The fourth-order valence-corrected chi connectivity index (χ4v) is 16.2. The number of furan rings is 2. The molecule has 0 fully saturated rings. The summed E-state index contributed by atoms with van der Waals surface area (Å²) in [6.45, 7) is 0. The first-order valence-electron chi connectivity index (χ1n) is 32.5. The van der Waals surface area contributed by atoms with Crippen LogP contribution in [0.5, 0.6) is 0 Å². The van der Waals surface area contributed by atoms with E-state index >= 15 is 0 Å². The van der Waals surface area contributed by atoms with Gasteiger partial charge in [0.25, 0.3) is 0 Å². The van der Waals surface area contributed by atoms with Gasteiger partial charge >= 0.3 is 0 Å². The van der Waals surface area contributed by atoms with Crippen molar-refractivity contribution in [2.24, 2.45) is 0 Å². The van der Waals surface area contributed by atoms with Crippen LogP contribution in [0, 0.1) is 0 Å². The van der Waals surface area contributed by atoms with Gasteiger partial charge in [0.1, 0.15) is 22.3 Å². The molecule has 94 heavy (non-hydrogen) atoms. The van der Waals surface area contributed by atoms with E-state index in [1.165, 1.54) is 120 Å². The number of benzene rings is 18. The van der Waals surface area contributed by atoms with E-state index < -0.39 is 0 Å². The standard InChI is InChI=1S/C92H54O2/c1-2-23-55(24-3-1)62-42-21-44-79-89-77(43-22-46-84(89)94-91(62)79)85-68-33-10-14-37-72(68)88(73-38-15-11-34-69(73)85)82-54-60-48-47-57(52-80(60)65-30-7-9-32-67(65)82)56-26-20-27-58(51-56)63-49-50-78(90-76-41-18-19-45-83(76)93-92(63)90)86-70-35-12-16-39-74(70)87(75-40-17-13-36-71(75)86)81-53-59-25-4-5-28-61(59)64-29-6-8-31-66(64)81/h1-54H. The summed E-state index contributed by atoms with van der Waals surface area (Å²) in [7, 11) is 0. The second kappa shape index (κ2) is 20.6. The Kier molecular flexibility index (Phi) is 11.5. The van der Waals surface area contributed by atoms with Crippen LogP contribution in [0.3, 0.4) is 0 Å². The molecule has 2 heteroatoms. The first kappa shape index (κ1) is 52.4. The molecule has 2 nitrogen and oxygen atoms in total. The van der Waals surface area contributed by atoms with Crippen LogP contribution in [-0.2, 0) is 0 Å². The molecule has 0 radical (unpaired) electrons. The minimum Gasteiger partial charge on any atom is -0.455 e. The van der Waals surface area contributed by atoms with E-state index in [-0.39, 0.29) is 0 Å². The van der Waals surface area contributed by atoms with Crippen LogP contribution >= 0.6 is 0 Å². The summed E-state index contributed by atoms with van der Waals surface area (Å²) in [5, 5.41) is 24.0. The predicted octanol–water partition coefficient (Wildman–Crippen LogP) is 26.4. The van der Waals surface area contributed by atoms with Gasteiger partial charge in [-0.25, -0.2) is 0 Å². The third-order valence-electron chi connectivity index (χ3n) is 20.2. The molecule has 2 aromatic heterocycles. The maximum absolute atomic E-state index is 7.13. The third kappa shape index (κ3) is 7.78. The topological polar surface area (TPSA) is 26.3 Å². The lowest BCUT2D eigenvalue weighted by atomic mass is 9.82. The molecule has 18 aromatic carbocycles. The number of rotatable bonds is 7. The monoisotopic (exact) mass is 1190 g/mol. The van der Waals surface area contributed by atoms with E-state index in [2.05, 4.69) is 328 Å². The second-order valence-electron chi connectivity index (χ2n) is 25.2. The molecule has 0 saturated heterocycles. The lowest BCUT2D eigenvalue weighted by Crippen LogP contribution is -1.93. The lowest BCUT2D eigenvalue weighted by Gasteiger charge is -2.20. The Bertz CT molecular complexity index is 6480. The fourth-order valence-electron chi connectivity index (χ4n) is 16.2. The Hall–Kier alpha value is -12.4. The zero-order chi connectivity index (χ0) is 61.5. The third-order valence-corrected chi connectivity index (χ3v) is 20.2. The Morgan fingerprint density at radius 2 is 0.543 bits per heavy atom. The molecule has 434 valence electrons. The smallest absolute Gasteiger partial charge is 0.143 e. The van der Waals surface area contributed by atoms with Crippen molar-refractivity contribution in [1.29, 1.82) is 0 Å². The molecule has 2 heterocycles. The van der Waals surface area contributed by atoms with Gasteiger partial charge in [-0.05, 0) is 195 Å². The molecule has 0 aliphatic carbocycles. The maximum Gasteiger partial charge on any atom is 0.143 e. The van der Waals surface area contributed by atoms with Crippen LogP contribution in [0.1, 0.15) is 0 Å². The van der Waals surface area contributed by atoms with E-state index in [0.29, 0.717) is 0 Å². The van der Waals surface area contributed by atoms with Crippen molar-refractivity contribution >= 4 is 130 Å². The zero-order valence-corrected chi connectivity index (χ0v) is 51.0. The lowest BCUT2D eigenvalue weighted by molar-refractivity contribution is 0.669. The van der Waals surface area contributed by atoms with Gasteiger partial charge in [0.05, 0.1) is 0 Å². The predicted molar refractivity (Wildman–Crippen MR) is 399 cm³/mol. The average Bonchev–Trinajstić information content (AvgIpc) is 1.12. The summed E-state index contributed by atoms with van der Waals surface area (Å²) in [5.74, 6) is 0. The Labute approximate surface area is 541 Å². The van der Waals surface area contributed by atoms with Crippen molar-refractivity contribution in [3.05, 3.63) is 328 Å². The van der Waals surface area contributed by atoms with E-state index in [9.17, 15) is 0 Å². The van der Waals surface area contributed by atoms with Gasteiger partial charge in [-0.2, -0.15) is 0 Å². The van der Waals surface area contributed by atoms with Crippen molar-refractivity contribution in [2.45, 2.75) is 0 Å². The summed E-state index contributed by atoms with van der Waals surface area (Å²) in [6.07, 6.45) is 0. The molecule has 20 rings (SSSR count). The van der Waals surface area contributed by atoms with E-state index in [4.69, 9.17) is 8.83 Å². The largest absolute Gasteiger partial charge is 0.455 e. The average molecular weight is 1190 g/mol. The SMILES string of the molecule is c1ccc(-c2cccc3c2oc2cccc(-c4c5ccccc5c(-c5cc6ccc(-c7cccc(-c8ccc(-c9c%10ccccc%10c(-c%10cc%11ccccc%11c%11ccccc%10%11)c%10ccccc9%10)c9c8oc8ccccc89)c7)cc6c6ccccc56)c5ccccc45)c23)cc1. The van der Waals surface area contributed by atoms with Crippen LogP contribution in [0.15, 0.2) is 336 Å². The summed E-state index contributed by atoms with van der Waals surface area (Å²) in [6, 6.07) is 121. The molecule has 0 bridgehead atoms. The van der Waals surface area contributed by atoms with E-state index in [1.54, 1.807) is 0 Å². The fraction of sp³-hybridized carbons (Fsp3) is 0. The molecular formula is C92H54O2. The number of para-hydroxylation sites is 2. The molecule has 0 aliphatic rings. The summed E-state index contributed by atoms with van der Waals surface area (Å²) >= 11 is 0. The molecule has 0 atom stereocenters. The highest BCUT2D eigenvalue weighted by Crippen LogP contribution is 2.53. The van der Waals surface area contributed by atoms with Crippen molar-refractivity contribution < 1.29 is 8.83 Å². The van der Waals surface area contributed by atoms with Gasteiger partial charge < -0.3 is 8.83 Å². The van der Waals surface area contributed by atoms with Crippen molar-refractivity contribution in [3.8, 4) is 77.9 Å². The van der Waals surface area contributed by atoms with E-state index in [1.807, 2.05) is 0 Å². The molecule has 0 unspecified atom stereocenters. The van der Waals surface area contributed by atoms with Gasteiger partial charge in [-0.15, -0.1) is 0 Å². The van der Waals surface area contributed by atoms with Crippen LogP contribution in [0.25, 0.3) is 208 Å². The molecular weight excluding hydrogens is 1140 g/mol. The number of hydrogen-bond donors (Lipinski definition) is 0. The number of hydrogen-bond acceptors (Lipinski definition) is 2. The van der Waals surface area contributed by atoms with Crippen LogP contribution in [0.2, 0.25) is 0 Å². The highest BCUT2D eigenvalue weighted by Gasteiger charge is 2.26. The first-order chi connectivity index (χ1) is 46.7. The normalized spacial score (nSPS) is 12.0. The molecule has 0 amide bonds. The van der Waals surface area contributed by atoms with Gasteiger partial charge in [-0.1, -0.05) is 285 Å². The van der Waals surface area contributed by atoms with Crippen LogP contribution in [0.4, 0.5) is 0 Å². The van der Waals surface area contributed by atoms with Gasteiger partial charge in [-0.3, -0.25) is 0 Å². The highest BCUT2D eigenvalue weighted by atomic mass is 16.3. The van der Waals surface area contributed by atoms with Crippen LogP contribution in [-0.4, -0.2) is 0 Å². The molecule has 0 spiro atoms. The Morgan fingerprint density at radius 1 is 0.160 bits per heavy atom. The summed E-state index contributed by atoms with van der Waals surface area (Å²) < 4.78 is 14.0. The summed E-state index contributed by atoms with van der Waals surface area (Å²) in [4.78, 5) is 0.